The van der Waals surface area contributed by atoms with Gasteiger partial charge in [-0.3, -0.25) is 0 Å². The molecule has 2 aromatic rings. The van der Waals surface area contributed by atoms with Crippen molar-refractivity contribution < 1.29 is 8.42 Å². The predicted molar refractivity (Wildman–Crippen MR) is 78.5 cm³/mol. The van der Waals surface area contributed by atoms with Crippen LogP contribution >= 0.6 is 11.3 Å². The van der Waals surface area contributed by atoms with Crippen molar-refractivity contribution in [3.05, 3.63) is 46.7 Å². The summed E-state index contributed by atoms with van der Waals surface area (Å²) in [5, 5.41) is 3.94. The summed E-state index contributed by atoms with van der Waals surface area (Å²) < 4.78 is 26.4. The van der Waals surface area contributed by atoms with Crippen molar-refractivity contribution in [1.82, 2.24) is 4.72 Å². The van der Waals surface area contributed by atoms with Crippen molar-refractivity contribution in [3.8, 4) is 11.1 Å². The molecule has 0 aliphatic heterocycles. The lowest BCUT2D eigenvalue weighted by atomic mass is 10.0. The second-order valence-electron chi connectivity index (χ2n) is 4.73. The van der Waals surface area contributed by atoms with Crippen LogP contribution in [0.15, 0.2) is 41.1 Å². The molecule has 1 fully saturated rings. The van der Waals surface area contributed by atoms with E-state index in [2.05, 4.69) is 16.2 Å². The summed E-state index contributed by atoms with van der Waals surface area (Å²) in [4.78, 5) is 0. The van der Waals surface area contributed by atoms with Crippen LogP contribution < -0.4 is 4.72 Å². The number of benzene rings is 1. The van der Waals surface area contributed by atoms with Gasteiger partial charge in [0.1, 0.15) is 0 Å². The first-order chi connectivity index (χ1) is 9.17. The highest BCUT2D eigenvalue weighted by molar-refractivity contribution is 7.90. The molecule has 1 saturated carbocycles. The van der Waals surface area contributed by atoms with Crippen LogP contribution in [0.4, 0.5) is 0 Å². The highest BCUT2D eigenvalue weighted by Crippen LogP contribution is 2.29. The van der Waals surface area contributed by atoms with Gasteiger partial charge in [0, 0.05) is 6.54 Å². The molecule has 0 saturated heterocycles. The molecule has 0 amide bonds. The van der Waals surface area contributed by atoms with Crippen molar-refractivity contribution >= 4 is 21.4 Å². The second kappa shape index (κ2) is 5.07. The molecule has 1 N–H and O–H groups in total. The van der Waals surface area contributed by atoms with Crippen LogP contribution in [0.2, 0.25) is 0 Å². The Morgan fingerprint density at radius 1 is 1.21 bits per heavy atom. The van der Waals surface area contributed by atoms with E-state index in [0.29, 0.717) is 6.54 Å². The monoisotopic (exact) mass is 293 g/mol. The maximum Gasteiger partial charge on any atom is 0.214 e. The third kappa shape index (κ3) is 2.88. The van der Waals surface area contributed by atoms with E-state index in [9.17, 15) is 8.42 Å². The van der Waals surface area contributed by atoms with Gasteiger partial charge in [-0.25, -0.2) is 13.1 Å². The smallest absolute Gasteiger partial charge is 0.212 e. The summed E-state index contributed by atoms with van der Waals surface area (Å²) in [6.45, 7) is 0.366. The van der Waals surface area contributed by atoms with E-state index < -0.39 is 10.0 Å². The number of nitrogens with one attached hydrogen (secondary N) is 1. The van der Waals surface area contributed by atoms with Crippen molar-refractivity contribution in [3.63, 3.8) is 0 Å². The Bertz CT molecular complexity index is 659. The third-order valence-electron chi connectivity index (χ3n) is 3.28. The standard InChI is InChI=1S/C14H15NO2S2/c16-19(17,13-5-6-13)15-9-11-3-1-2-4-14(11)12-7-8-18-10-12/h1-4,7-8,10,13,15H,5-6,9H2. The van der Waals surface area contributed by atoms with Gasteiger partial charge in [-0.05, 0) is 46.4 Å². The quantitative estimate of drug-likeness (QED) is 0.921. The van der Waals surface area contributed by atoms with Gasteiger partial charge in [-0.2, -0.15) is 11.3 Å². The van der Waals surface area contributed by atoms with E-state index >= 15 is 0 Å². The average Bonchev–Trinajstić information content (AvgIpc) is 3.14. The Hall–Kier alpha value is -1.17. The molecule has 0 bridgehead atoms. The summed E-state index contributed by atoms with van der Waals surface area (Å²) >= 11 is 1.64. The molecule has 1 aromatic carbocycles. The predicted octanol–water partition coefficient (Wildman–Crippen LogP) is 3.00. The molecule has 0 spiro atoms. The van der Waals surface area contributed by atoms with Crippen LogP contribution in [-0.2, 0) is 16.6 Å². The Morgan fingerprint density at radius 3 is 2.68 bits per heavy atom. The van der Waals surface area contributed by atoms with Crippen LogP contribution in [0.1, 0.15) is 18.4 Å². The second-order valence-corrected chi connectivity index (χ2v) is 7.56. The number of thiophene rings is 1. The first-order valence-electron chi connectivity index (χ1n) is 6.26. The number of sulfonamides is 1. The lowest BCUT2D eigenvalue weighted by Crippen LogP contribution is -2.26. The van der Waals surface area contributed by atoms with Gasteiger partial charge in [-0.15, -0.1) is 0 Å². The minimum Gasteiger partial charge on any atom is -0.212 e. The largest absolute Gasteiger partial charge is 0.214 e. The van der Waals surface area contributed by atoms with Crippen LogP contribution in [-0.4, -0.2) is 13.7 Å². The Kier molecular flexibility index (Phi) is 3.43. The molecular formula is C14H15NO2S2. The Labute approximate surface area is 117 Å². The Balaban J connectivity index is 1.81. The first-order valence-corrected chi connectivity index (χ1v) is 8.75. The van der Waals surface area contributed by atoms with E-state index in [1.54, 1.807) is 11.3 Å². The van der Waals surface area contributed by atoms with E-state index in [1.807, 2.05) is 29.6 Å². The van der Waals surface area contributed by atoms with Gasteiger partial charge in [0.2, 0.25) is 10.0 Å². The molecular weight excluding hydrogens is 278 g/mol. The number of hydrogen-bond donors (Lipinski definition) is 1. The van der Waals surface area contributed by atoms with Gasteiger partial charge in [0.25, 0.3) is 0 Å². The van der Waals surface area contributed by atoms with Crippen LogP contribution in [0.25, 0.3) is 11.1 Å². The lowest BCUT2D eigenvalue weighted by molar-refractivity contribution is 0.580. The lowest BCUT2D eigenvalue weighted by Gasteiger charge is -2.10. The van der Waals surface area contributed by atoms with Crippen molar-refractivity contribution in [2.45, 2.75) is 24.6 Å². The van der Waals surface area contributed by atoms with E-state index in [0.717, 1.165) is 29.5 Å². The molecule has 0 unspecified atom stereocenters. The Morgan fingerprint density at radius 2 is 2.00 bits per heavy atom. The van der Waals surface area contributed by atoms with Crippen LogP contribution in [0, 0.1) is 0 Å². The minimum absolute atomic E-state index is 0.166. The highest BCUT2D eigenvalue weighted by atomic mass is 32.2. The minimum atomic E-state index is -3.12. The molecule has 5 heteroatoms. The molecule has 1 aliphatic rings. The van der Waals surface area contributed by atoms with Crippen LogP contribution in [0.5, 0.6) is 0 Å². The first kappa shape index (κ1) is 12.8. The third-order valence-corrected chi connectivity index (χ3v) is 5.86. The zero-order chi connectivity index (χ0) is 13.3. The highest BCUT2D eigenvalue weighted by Gasteiger charge is 2.35. The van der Waals surface area contributed by atoms with Gasteiger partial charge in [0.15, 0.2) is 0 Å². The zero-order valence-corrected chi connectivity index (χ0v) is 12.0. The molecule has 1 heterocycles. The molecule has 3 nitrogen and oxygen atoms in total. The molecule has 0 radical (unpaired) electrons. The molecule has 1 aliphatic carbocycles. The van der Waals surface area contributed by atoms with E-state index in [1.165, 1.54) is 0 Å². The van der Waals surface area contributed by atoms with Gasteiger partial charge < -0.3 is 0 Å². The summed E-state index contributed by atoms with van der Waals surface area (Å²) in [6, 6.07) is 9.98. The maximum atomic E-state index is 11.9. The van der Waals surface area contributed by atoms with Crippen molar-refractivity contribution in [1.29, 1.82) is 0 Å². The van der Waals surface area contributed by atoms with Gasteiger partial charge in [0.05, 0.1) is 5.25 Å². The summed E-state index contributed by atoms with van der Waals surface area (Å²) in [5.74, 6) is 0. The zero-order valence-electron chi connectivity index (χ0n) is 10.4. The van der Waals surface area contributed by atoms with E-state index in [4.69, 9.17) is 0 Å². The molecule has 0 atom stereocenters. The SMILES string of the molecule is O=S(=O)(NCc1ccccc1-c1ccsc1)C1CC1. The normalized spacial score (nSPS) is 15.6. The fourth-order valence-electron chi connectivity index (χ4n) is 2.05. The van der Waals surface area contributed by atoms with Gasteiger partial charge >= 0.3 is 0 Å². The van der Waals surface area contributed by atoms with E-state index in [-0.39, 0.29) is 5.25 Å². The van der Waals surface area contributed by atoms with Crippen molar-refractivity contribution in [2.24, 2.45) is 0 Å². The fraction of sp³-hybridized carbons (Fsp3) is 0.286. The maximum absolute atomic E-state index is 11.9. The van der Waals surface area contributed by atoms with Gasteiger partial charge in [-0.1, -0.05) is 24.3 Å². The average molecular weight is 293 g/mol. The molecule has 3 rings (SSSR count). The fourth-order valence-corrected chi connectivity index (χ4v) is 4.05. The topological polar surface area (TPSA) is 46.2 Å². The van der Waals surface area contributed by atoms with Crippen molar-refractivity contribution in [2.75, 3.05) is 0 Å². The summed E-state index contributed by atoms with van der Waals surface area (Å²) in [7, 11) is -3.12. The summed E-state index contributed by atoms with van der Waals surface area (Å²) in [5.41, 5.74) is 3.26. The molecule has 19 heavy (non-hydrogen) atoms. The molecule has 1 aromatic heterocycles. The number of hydrogen-bond acceptors (Lipinski definition) is 3. The number of rotatable bonds is 5. The van der Waals surface area contributed by atoms with Crippen LogP contribution in [0.3, 0.4) is 0 Å². The summed E-state index contributed by atoms with van der Waals surface area (Å²) in [6.07, 6.45) is 1.59. The molecule has 100 valence electrons.